The molecule has 1 fully saturated rings. The van der Waals surface area contributed by atoms with Crippen molar-refractivity contribution >= 4 is 21.6 Å². The Morgan fingerprint density at radius 2 is 1.64 bits per heavy atom. The SMILES string of the molecule is Cc1[nH]c(=O)[nH]c(=O)c1S(=O)(=O)Nc1ccc(C(=O)N2CCN(C)CC2)cc1. The third-order valence-electron chi connectivity index (χ3n) is 4.52. The highest BCUT2D eigenvalue weighted by Gasteiger charge is 2.23. The number of anilines is 1. The lowest BCUT2D eigenvalue weighted by Gasteiger charge is -2.32. The Labute approximate surface area is 161 Å². The zero-order chi connectivity index (χ0) is 20.5. The first-order valence-corrected chi connectivity index (χ1v) is 10.1. The summed E-state index contributed by atoms with van der Waals surface area (Å²) in [6.07, 6.45) is 0. The van der Waals surface area contributed by atoms with E-state index in [2.05, 4.69) is 14.6 Å². The predicted octanol–water partition coefficient (Wildman–Crippen LogP) is -0.440. The fourth-order valence-electron chi connectivity index (χ4n) is 2.99. The molecule has 0 spiro atoms. The Hall–Kier alpha value is -2.92. The van der Waals surface area contributed by atoms with E-state index in [-0.39, 0.29) is 17.3 Å². The molecule has 0 unspecified atom stereocenters. The number of carbonyl (C=O) groups is 1. The predicted molar refractivity (Wildman–Crippen MR) is 103 cm³/mol. The number of carbonyl (C=O) groups excluding carboxylic acids is 1. The molecule has 0 radical (unpaired) electrons. The maximum Gasteiger partial charge on any atom is 0.325 e. The van der Waals surface area contributed by atoms with Crippen molar-refractivity contribution in [1.82, 2.24) is 19.8 Å². The standard InChI is InChI=1S/C17H21N5O5S/c1-11-14(15(23)19-17(25)18-11)28(26,27)20-13-5-3-12(4-6-13)16(24)22-9-7-21(2)8-10-22/h3-6,20H,7-10H2,1-2H3,(H2,18,19,23,25). The van der Waals surface area contributed by atoms with E-state index >= 15 is 0 Å². The van der Waals surface area contributed by atoms with Crippen LogP contribution in [0.25, 0.3) is 0 Å². The van der Waals surface area contributed by atoms with E-state index in [4.69, 9.17) is 0 Å². The minimum absolute atomic E-state index is 0.0666. The lowest BCUT2D eigenvalue weighted by molar-refractivity contribution is 0.0664. The van der Waals surface area contributed by atoms with Crippen LogP contribution in [0.15, 0.2) is 38.8 Å². The van der Waals surface area contributed by atoms with Gasteiger partial charge in [-0.25, -0.2) is 13.2 Å². The van der Waals surface area contributed by atoms with Gasteiger partial charge in [-0.15, -0.1) is 0 Å². The number of benzene rings is 1. The molecular formula is C17H21N5O5S. The summed E-state index contributed by atoms with van der Waals surface area (Å²) in [5, 5.41) is 0. The minimum atomic E-state index is -4.22. The first-order chi connectivity index (χ1) is 13.2. The Morgan fingerprint density at radius 3 is 2.21 bits per heavy atom. The van der Waals surface area contributed by atoms with E-state index in [1.165, 1.54) is 31.2 Å². The second kappa shape index (κ2) is 7.60. The van der Waals surface area contributed by atoms with E-state index < -0.39 is 26.2 Å². The van der Waals surface area contributed by atoms with Crippen molar-refractivity contribution in [3.63, 3.8) is 0 Å². The summed E-state index contributed by atoms with van der Waals surface area (Å²) in [5.74, 6) is -0.115. The molecule has 2 heterocycles. The van der Waals surface area contributed by atoms with Crippen LogP contribution in [0.4, 0.5) is 5.69 Å². The third-order valence-corrected chi connectivity index (χ3v) is 6.05. The van der Waals surface area contributed by atoms with Crippen molar-refractivity contribution in [3.8, 4) is 0 Å². The molecule has 3 rings (SSSR count). The van der Waals surface area contributed by atoms with Gasteiger partial charge in [-0.1, -0.05) is 0 Å². The van der Waals surface area contributed by atoms with Crippen LogP contribution >= 0.6 is 0 Å². The van der Waals surface area contributed by atoms with Crippen LogP contribution in [0.1, 0.15) is 16.1 Å². The Kier molecular flexibility index (Phi) is 5.38. The average molecular weight is 407 g/mol. The number of hydrogen-bond acceptors (Lipinski definition) is 6. The number of H-pyrrole nitrogens is 2. The quantitative estimate of drug-likeness (QED) is 0.629. The number of sulfonamides is 1. The topological polar surface area (TPSA) is 135 Å². The van der Waals surface area contributed by atoms with Crippen molar-refractivity contribution in [1.29, 1.82) is 0 Å². The Morgan fingerprint density at radius 1 is 1.04 bits per heavy atom. The number of rotatable bonds is 4. The number of nitrogens with zero attached hydrogens (tertiary/aromatic N) is 2. The molecule has 10 nitrogen and oxygen atoms in total. The summed E-state index contributed by atoms with van der Waals surface area (Å²) in [5.41, 5.74) is -1.21. The molecule has 0 saturated carbocycles. The molecule has 0 bridgehead atoms. The zero-order valence-corrected chi connectivity index (χ0v) is 16.3. The van der Waals surface area contributed by atoms with Crippen LogP contribution in [0.5, 0.6) is 0 Å². The maximum atomic E-state index is 12.5. The molecule has 0 aliphatic carbocycles. The zero-order valence-electron chi connectivity index (χ0n) is 15.5. The highest BCUT2D eigenvalue weighted by Crippen LogP contribution is 2.17. The molecule has 28 heavy (non-hydrogen) atoms. The van der Waals surface area contributed by atoms with Crippen molar-refractivity contribution in [2.45, 2.75) is 11.8 Å². The number of piperazine rings is 1. The van der Waals surface area contributed by atoms with E-state index in [1.54, 1.807) is 4.90 Å². The maximum absolute atomic E-state index is 12.5. The normalized spacial score (nSPS) is 15.4. The average Bonchev–Trinajstić information content (AvgIpc) is 2.61. The molecule has 1 amide bonds. The number of amides is 1. The van der Waals surface area contributed by atoms with Crippen molar-refractivity contribution in [2.75, 3.05) is 37.9 Å². The van der Waals surface area contributed by atoms with Gasteiger partial charge in [-0.3, -0.25) is 19.3 Å². The van der Waals surface area contributed by atoms with Crippen LogP contribution < -0.4 is 16.0 Å². The number of hydrogen-bond donors (Lipinski definition) is 3. The second-order valence-corrected chi connectivity index (χ2v) is 8.26. The Bertz CT molecular complexity index is 1100. The molecule has 150 valence electrons. The van der Waals surface area contributed by atoms with Crippen molar-refractivity contribution in [3.05, 3.63) is 56.4 Å². The van der Waals surface area contributed by atoms with E-state index in [1.807, 2.05) is 12.0 Å². The van der Waals surface area contributed by atoms with Gasteiger partial charge in [-0.05, 0) is 38.2 Å². The van der Waals surface area contributed by atoms with E-state index in [9.17, 15) is 22.8 Å². The van der Waals surface area contributed by atoms with Gasteiger partial charge in [0, 0.05) is 43.1 Å². The van der Waals surface area contributed by atoms with Crippen LogP contribution in [-0.4, -0.2) is 67.3 Å². The monoisotopic (exact) mass is 407 g/mol. The summed E-state index contributed by atoms with van der Waals surface area (Å²) in [7, 11) is -2.22. The van der Waals surface area contributed by atoms with Gasteiger partial charge in [0.1, 0.15) is 0 Å². The van der Waals surface area contributed by atoms with Crippen LogP contribution in [0, 0.1) is 6.92 Å². The lowest BCUT2D eigenvalue weighted by Crippen LogP contribution is -2.47. The molecule has 2 aromatic rings. The van der Waals surface area contributed by atoms with E-state index in [0.29, 0.717) is 18.7 Å². The molecule has 1 saturated heterocycles. The summed E-state index contributed by atoms with van der Waals surface area (Å²) < 4.78 is 27.3. The first kappa shape index (κ1) is 19.8. The van der Waals surface area contributed by atoms with Gasteiger partial charge in [0.15, 0.2) is 4.90 Å². The van der Waals surface area contributed by atoms with Crippen molar-refractivity contribution < 1.29 is 13.2 Å². The lowest BCUT2D eigenvalue weighted by atomic mass is 10.1. The first-order valence-electron chi connectivity index (χ1n) is 8.61. The highest BCUT2D eigenvalue weighted by atomic mass is 32.2. The fraction of sp³-hybridized carbons (Fsp3) is 0.353. The van der Waals surface area contributed by atoms with Crippen molar-refractivity contribution in [2.24, 2.45) is 0 Å². The molecule has 1 aliphatic heterocycles. The molecule has 1 aromatic heterocycles. The fourth-order valence-corrected chi connectivity index (χ4v) is 4.29. The number of aryl methyl sites for hydroxylation is 1. The largest absolute Gasteiger partial charge is 0.336 e. The second-order valence-electron chi connectivity index (χ2n) is 6.64. The third kappa shape index (κ3) is 4.15. The summed E-state index contributed by atoms with van der Waals surface area (Å²) in [6, 6.07) is 5.97. The van der Waals surface area contributed by atoms with Crippen LogP contribution in [0.2, 0.25) is 0 Å². The van der Waals surface area contributed by atoms with Gasteiger partial charge in [0.05, 0.1) is 0 Å². The number of aromatic amines is 2. The van der Waals surface area contributed by atoms with Gasteiger partial charge < -0.3 is 14.8 Å². The summed E-state index contributed by atoms with van der Waals surface area (Å²) >= 11 is 0. The van der Waals surface area contributed by atoms with Crippen LogP contribution in [-0.2, 0) is 10.0 Å². The summed E-state index contributed by atoms with van der Waals surface area (Å²) in [6.45, 7) is 4.20. The molecule has 1 aromatic carbocycles. The molecular weight excluding hydrogens is 386 g/mol. The van der Waals surface area contributed by atoms with Gasteiger partial charge in [0.2, 0.25) is 0 Å². The van der Waals surface area contributed by atoms with Gasteiger partial charge in [-0.2, -0.15) is 0 Å². The summed E-state index contributed by atoms with van der Waals surface area (Å²) in [4.78, 5) is 43.1. The molecule has 11 heteroatoms. The number of aromatic nitrogens is 2. The van der Waals surface area contributed by atoms with Crippen LogP contribution in [0.3, 0.4) is 0 Å². The molecule has 3 N–H and O–H groups in total. The van der Waals surface area contributed by atoms with Gasteiger partial charge >= 0.3 is 5.69 Å². The smallest absolute Gasteiger partial charge is 0.325 e. The molecule has 1 aliphatic rings. The number of likely N-dealkylation sites (N-methyl/N-ethyl adjacent to an activating group) is 1. The van der Waals surface area contributed by atoms with Gasteiger partial charge in [0.25, 0.3) is 21.5 Å². The minimum Gasteiger partial charge on any atom is -0.336 e. The molecule has 0 atom stereocenters. The number of nitrogens with one attached hydrogen (secondary N) is 3. The van der Waals surface area contributed by atoms with E-state index in [0.717, 1.165) is 13.1 Å². The highest BCUT2D eigenvalue weighted by molar-refractivity contribution is 7.92. The Balaban J connectivity index is 1.78.